The van der Waals surface area contributed by atoms with E-state index in [0.717, 1.165) is 16.6 Å². The maximum atomic E-state index is 10.4. The summed E-state index contributed by atoms with van der Waals surface area (Å²) in [4.78, 5) is -0.178. The summed E-state index contributed by atoms with van der Waals surface area (Å²) in [6, 6.07) is 10.4. The second-order valence-corrected chi connectivity index (χ2v) is 8.93. The average molecular weight is 378 g/mol. The lowest BCUT2D eigenvalue weighted by Gasteiger charge is -2.29. The predicted molar refractivity (Wildman–Crippen MR) is 106 cm³/mol. The first-order chi connectivity index (χ1) is 11.9. The summed E-state index contributed by atoms with van der Waals surface area (Å²) in [5, 5.41) is 0. The van der Waals surface area contributed by atoms with E-state index in [9.17, 15) is 13.0 Å². The molecule has 0 N–H and O–H groups in total. The Morgan fingerprint density at radius 3 is 1.73 bits per heavy atom. The van der Waals surface area contributed by atoms with Crippen molar-refractivity contribution in [2.75, 3.05) is 20.6 Å². The highest BCUT2D eigenvalue weighted by atomic mass is 32.2. The van der Waals surface area contributed by atoms with Gasteiger partial charge in [0.25, 0.3) is 0 Å². The van der Waals surface area contributed by atoms with Gasteiger partial charge in [-0.1, -0.05) is 35.4 Å². The van der Waals surface area contributed by atoms with Crippen LogP contribution in [-0.2, 0) is 16.7 Å². The molecule has 2 aromatic rings. The van der Waals surface area contributed by atoms with Crippen molar-refractivity contribution < 1.29 is 17.5 Å². The Morgan fingerprint density at radius 1 is 0.885 bits per heavy atom. The van der Waals surface area contributed by atoms with Crippen LogP contribution in [0.15, 0.2) is 41.3 Å². The summed E-state index contributed by atoms with van der Waals surface area (Å²) in [7, 11) is 0.311. The van der Waals surface area contributed by atoms with Gasteiger partial charge in [0.15, 0.2) is 0 Å². The third kappa shape index (κ3) is 6.90. The summed E-state index contributed by atoms with van der Waals surface area (Å²) in [5.74, 6) is 0. The smallest absolute Gasteiger partial charge is 0.124 e. The molecule has 0 unspecified atom stereocenters. The van der Waals surface area contributed by atoms with Crippen LogP contribution in [-0.4, -0.2) is 38.1 Å². The number of hydrogen-bond donors (Lipinski definition) is 0. The number of aryl methyl sites for hydroxylation is 4. The molecular weight excluding hydrogens is 346 g/mol. The van der Waals surface area contributed by atoms with Crippen LogP contribution in [0.25, 0.3) is 0 Å². The van der Waals surface area contributed by atoms with Crippen LogP contribution < -0.4 is 0 Å². The predicted octanol–water partition coefficient (Wildman–Crippen LogP) is 4.11. The number of nitrogens with zero attached hydrogens (tertiary/aromatic N) is 1. The van der Waals surface area contributed by atoms with Gasteiger partial charge in [0.2, 0.25) is 0 Å². The first kappa shape index (κ1) is 22.4. The molecule has 0 bridgehead atoms. The molecule has 0 fully saturated rings. The first-order valence-corrected chi connectivity index (χ1v) is 10.2. The highest BCUT2D eigenvalue weighted by Gasteiger charge is 2.16. The normalized spacial score (nSPS) is 11.7. The molecule has 144 valence electrons. The van der Waals surface area contributed by atoms with E-state index in [1.807, 2.05) is 6.92 Å². The van der Waals surface area contributed by atoms with E-state index < -0.39 is 10.1 Å². The Kier molecular flexibility index (Phi) is 7.57. The van der Waals surface area contributed by atoms with Crippen molar-refractivity contribution in [3.8, 4) is 0 Å². The second kappa shape index (κ2) is 8.80. The van der Waals surface area contributed by atoms with Crippen LogP contribution in [0.2, 0.25) is 0 Å². The molecule has 0 radical (unpaired) electrons. The topological polar surface area (TPSA) is 57.2 Å². The van der Waals surface area contributed by atoms with E-state index in [1.54, 1.807) is 12.1 Å². The van der Waals surface area contributed by atoms with Crippen LogP contribution in [0.4, 0.5) is 0 Å². The van der Waals surface area contributed by atoms with Gasteiger partial charge in [0.05, 0.1) is 25.5 Å². The molecule has 5 heteroatoms. The molecule has 0 aliphatic rings. The Morgan fingerprint density at radius 2 is 1.35 bits per heavy atom. The second-order valence-electron chi connectivity index (χ2n) is 7.55. The summed E-state index contributed by atoms with van der Waals surface area (Å²) in [6.45, 7) is 13.0. The van der Waals surface area contributed by atoms with Gasteiger partial charge in [-0.25, -0.2) is 8.42 Å². The summed E-state index contributed by atoms with van der Waals surface area (Å²) < 4.78 is 32.2. The minimum Gasteiger partial charge on any atom is -0.744 e. The number of rotatable bonds is 4. The van der Waals surface area contributed by atoms with E-state index in [-0.39, 0.29) is 4.90 Å². The first-order valence-electron chi connectivity index (χ1n) is 8.77. The lowest BCUT2D eigenvalue weighted by Crippen LogP contribution is -2.38. The van der Waals surface area contributed by atoms with Crippen LogP contribution >= 0.6 is 0 Å². The van der Waals surface area contributed by atoms with Gasteiger partial charge in [0, 0.05) is 5.56 Å². The van der Waals surface area contributed by atoms with E-state index in [0.29, 0.717) is 0 Å². The Bertz CT molecular complexity index is 815. The van der Waals surface area contributed by atoms with Crippen molar-refractivity contribution in [3.05, 3.63) is 64.2 Å². The molecule has 0 spiro atoms. The summed E-state index contributed by atoms with van der Waals surface area (Å²) in [6.07, 6.45) is 0. The summed E-state index contributed by atoms with van der Waals surface area (Å²) in [5.41, 5.74) is 6.69. The van der Waals surface area contributed by atoms with Crippen molar-refractivity contribution >= 4 is 10.1 Å². The van der Waals surface area contributed by atoms with E-state index in [1.165, 1.54) is 40.9 Å². The molecule has 2 aromatic carbocycles. The van der Waals surface area contributed by atoms with Gasteiger partial charge in [-0.15, -0.1) is 0 Å². The minimum atomic E-state index is -4.27. The molecule has 0 saturated carbocycles. The number of benzene rings is 2. The fourth-order valence-electron chi connectivity index (χ4n) is 2.70. The Labute approximate surface area is 158 Å². The highest BCUT2D eigenvalue weighted by molar-refractivity contribution is 7.85. The van der Waals surface area contributed by atoms with Gasteiger partial charge >= 0.3 is 0 Å². The maximum absolute atomic E-state index is 10.4. The standard InChI is InChI=1S/C14H24N.C7H8O3S/c1-7-15(5,6)10-14-12(3)8-11(2)9-13(14)4;1-6-2-4-7(5-3-6)11(8,9)10/h8-9H,7,10H2,1-6H3;2-5H,1H3,(H,8,9,10)/q+1;/p-1. The van der Waals surface area contributed by atoms with Crippen molar-refractivity contribution in [2.24, 2.45) is 0 Å². The van der Waals surface area contributed by atoms with Crippen LogP contribution in [0.3, 0.4) is 0 Å². The molecule has 0 aliphatic heterocycles. The molecule has 2 rings (SSSR count). The Hall–Kier alpha value is -1.69. The molecular formula is C21H31NO3S. The van der Waals surface area contributed by atoms with Crippen molar-refractivity contribution in [3.63, 3.8) is 0 Å². The molecule has 0 heterocycles. The SMILES string of the molecule is CC[N+](C)(C)Cc1c(C)cc(C)cc1C.Cc1ccc(S(=O)(=O)[O-])cc1. The largest absolute Gasteiger partial charge is 0.744 e. The van der Waals surface area contributed by atoms with Crippen LogP contribution in [0.5, 0.6) is 0 Å². The van der Waals surface area contributed by atoms with Crippen molar-refractivity contribution in [1.29, 1.82) is 0 Å². The number of quaternary nitrogens is 1. The zero-order valence-electron chi connectivity index (χ0n) is 17.0. The fourth-order valence-corrected chi connectivity index (χ4v) is 3.17. The monoisotopic (exact) mass is 377 g/mol. The lowest BCUT2D eigenvalue weighted by molar-refractivity contribution is -0.901. The minimum absolute atomic E-state index is 0.178. The van der Waals surface area contributed by atoms with Crippen LogP contribution in [0.1, 0.15) is 34.7 Å². The van der Waals surface area contributed by atoms with E-state index >= 15 is 0 Å². The quantitative estimate of drug-likeness (QED) is 0.595. The van der Waals surface area contributed by atoms with Gasteiger partial charge < -0.3 is 9.04 Å². The molecule has 4 nitrogen and oxygen atoms in total. The fraction of sp³-hybridized carbons (Fsp3) is 0.429. The van der Waals surface area contributed by atoms with Gasteiger partial charge in [-0.2, -0.15) is 0 Å². The zero-order valence-corrected chi connectivity index (χ0v) is 17.8. The van der Waals surface area contributed by atoms with Gasteiger partial charge in [-0.3, -0.25) is 0 Å². The molecule has 0 saturated heterocycles. The highest BCUT2D eigenvalue weighted by Crippen LogP contribution is 2.20. The molecule has 0 aromatic heterocycles. The van der Waals surface area contributed by atoms with Gasteiger partial charge in [-0.05, 0) is 57.9 Å². The average Bonchev–Trinajstić information content (AvgIpc) is 2.51. The third-order valence-corrected chi connectivity index (χ3v) is 5.44. The van der Waals surface area contributed by atoms with E-state index in [4.69, 9.17) is 0 Å². The Balaban J connectivity index is 0.000000273. The summed E-state index contributed by atoms with van der Waals surface area (Å²) >= 11 is 0. The molecule has 0 amide bonds. The molecule has 0 atom stereocenters. The van der Waals surface area contributed by atoms with E-state index in [2.05, 4.69) is 53.9 Å². The lowest BCUT2D eigenvalue weighted by atomic mass is 9.99. The van der Waals surface area contributed by atoms with Crippen LogP contribution in [0, 0.1) is 27.7 Å². The number of hydrogen-bond acceptors (Lipinski definition) is 3. The zero-order chi connectivity index (χ0) is 20.1. The van der Waals surface area contributed by atoms with Crippen molar-refractivity contribution in [2.45, 2.75) is 46.1 Å². The van der Waals surface area contributed by atoms with Crippen molar-refractivity contribution in [1.82, 2.24) is 0 Å². The van der Waals surface area contributed by atoms with Gasteiger partial charge in [0.1, 0.15) is 16.7 Å². The third-order valence-electron chi connectivity index (χ3n) is 4.59. The molecule has 0 aliphatic carbocycles. The molecule has 26 heavy (non-hydrogen) atoms. The maximum Gasteiger partial charge on any atom is 0.124 e.